The average Bonchev–Trinajstić information content (AvgIpc) is 2.62. The van der Waals surface area contributed by atoms with E-state index in [9.17, 15) is 22.8 Å². The Morgan fingerprint density at radius 3 is 2.19 bits per heavy atom. The maximum atomic E-state index is 12.6. The van der Waals surface area contributed by atoms with Gasteiger partial charge in [-0.15, -0.1) is 0 Å². The van der Waals surface area contributed by atoms with E-state index in [4.69, 9.17) is 0 Å². The summed E-state index contributed by atoms with van der Waals surface area (Å²) in [5.41, 5.74) is 0.772. The Hall–Kier alpha value is -2.83. The first-order valence-electron chi connectivity index (χ1n) is 8.46. The Morgan fingerprint density at radius 2 is 1.59 bits per heavy atom. The highest BCUT2D eigenvalue weighted by atomic mass is 19.4. The Balaban J connectivity index is 1.74. The van der Waals surface area contributed by atoms with E-state index < -0.39 is 11.7 Å². The molecule has 0 bridgehead atoms. The van der Waals surface area contributed by atoms with Gasteiger partial charge in [-0.25, -0.2) is 0 Å². The number of carbonyl (C=O) groups excluding carboxylic acids is 2. The van der Waals surface area contributed by atoms with Gasteiger partial charge >= 0.3 is 6.18 Å². The fourth-order valence-corrected chi connectivity index (χ4v) is 2.50. The van der Waals surface area contributed by atoms with Crippen LogP contribution in [0, 0.1) is 0 Å². The predicted molar refractivity (Wildman–Crippen MR) is 95.7 cm³/mol. The molecule has 0 unspecified atom stereocenters. The van der Waals surface area contributed by atoms with Crippen LogP contribution in [0.2, 0.25) is 0 Å². The Kier molecular flexibility index (Phi) is 6.98. The lowest BCUT2D eigenvalue weighted by Gasteiger charge is -2.18. The van der Waals surface area contributed by atoms with Gasteiger partial charge in [0.15, 0.2) is 0 Å². The van der Waals surface area contributed by atoms with E-state index in [1.165, 1.54) is 17.0 Å². The zero-order chi connectivity index (χ0) is 19.9. The SMILES string of the molecule is CN(Cc1ccc(C(F)(F)F)cc1)C(=O)CCNC(=O)Cc1ccccc1. The molecule has 7 heteroatoms. The largest absolute Gasteiger partial charge is 0.416 e. The van der Waals surface area contributed by atoms with Crippen LogP contribution in [0.1, 0.15) is 23.1 Å². The molecule has 0 spiro atoms. The molecule has 0 aliphatic heterocycles. The molecule has 1 N–H and O–H groups in total. The zero-order valence-electron chi connectivity index (χ0n) is 14.9. The molecule has 27 heavy (non-hydrogen) atoms. The number of benzene rings is 2. The highest BCUT2D eigenvalue weighted by Crippen LogP contribution is 2.29. The van der Waals surface area contributed by atoms with Gasteiger partial charge in [-0.1, -0.05) is 42.5 Å². The van der Waals surface area contributed by atoms with Crippen LogP contribution in [0.25, 0.3) is 0 Å². The quantitative estimate of drug-likeness (QED) is 0.803. The van der Waals surface area contributed by atoms with Crippen molar-refractivity contribution in [3.8, 4) is 0 Å². The molecule has 0 aliphatic rings. The van der Waals surface area contributed by atoms with Crippen LogP contribution >= 0.6 is 0 Å². The number of nitrogens with zero attached hydrogens (tertiary/aromatic N) is 1. The minimum Gasteiger partial charge on any atom is -0.355 e. The molecule has 144 valence electrons. The minimum atomic E-state index is -4.38. The molecular formula is C20H21F3N2O2. The first-order valence-corrected chi connectivity index (χ1v) is 8.46. The second-order valence-electron chi connectivity index (χ2n) is 6.21. The number of nitrogens with one attached hydrogen (secondary N) is 1. The zero-order valence-corrected chi connectivity index (χ0v) is 14.9. The number of rotatable bonds is 7. The number of amides is 2. The Bertz CT molecular complexity index is 759. The molecule has 0 atom stereocenters. The van der Waals surface area contributed by atoms with Gasteiger partial charge in [0.1, 0.15) is 0 Å². The first-order chi connectivity index (χ1) is 12.8. The predicted octanol–water partition coefficient (Wildman–Crippen LogP) is 3.41. The summed E-state index contributed by atoms with van der Waals surface area (Å²) in [5, 5.41) is 2.69. The van der Waals surface area contributed by atoms with E-state index in [1.807, 2.05) is 30.3 Å². The minimum absolute atomic E-state index is 0.123. The summed E-state index contributed by atoms with van der Waals surface area (Å²) < 4.78 is 37.7. The van der Waals surface area contributed by atoms with E-state index in [-0.39, 0.29) is 37.7 Å². The normalized spacial score (nSPS) is 11.1. The van der Waals surface area contributed by atoms with Crippen molar-refractivity contribution >= 4 is 11.8 Å². The highest BCUT2D eigenvalue weighted by molar-refractivity contribution is 5.80. The van der Waals surface area contributed by atoms with E-state index >= 15 is 0 Å². The van der Waals surface area contributed by atoms with Gasteiger partial charge in [0.25, 0.3) is 0 Å². The first kappa shape index (κ1) is 20.5. The summed E-state index contributed by atoms with van der Waals surface area (Å²) in [6.07, 6.45) is -4.01. The third-order valence-corrected chi connectivity index (χ3v) is 4.00. The van der Waals surface area contributed by atoms with Gasteiger partial charge in [0.05, 0.1) is 12.0 Å². The average molecular weight is 378 g/mol. The van der Waals surface area contributed by atoms with Crippen molar-refractivity contribution in [1.82, 2.24) is 10.2 Å². The molecule has 0 fully saturated rings. The summed E-state index contributed by atoms with van der Waals surface area (Å²) in [5.74, 6) is -0.366. The topological polar surface area (TPSA) is 49.4 Å². The summed E-state index contributed by atoms with van der Waals surface area (Å²) in [7, 11) is 1.58. The molecule has 2 aromatic rings. The van der Waals surface area contributed by atoms with Crippen LogP contribution < -0.4 is 5.32 Å². The molecule has 0 heterocycles. The van der Waals surface area contributed by atoms with Crippen molar-refractivity contribution in [3.05, 3.63) is 71.3 Å². The summed E-state index contributed by atoms with van der Waals surface area (Å²) in [6.45, 7) is 0.413. The van der Waals surface area contributed by atoms with Gasteiger partial charge in [-0.05, 0) is 23.3 Å². The van der Waals surface area contributed by atoms with Crippen molar-refractivity contribution in [2.45, 2.75) is 25.6 Å². The number of carbonyl (C=O) groups is 2. The molecule has 4 nitrogen and oxygen atoms in total. The maximum absolute atomic E-state index is 12.6. The third-order valence-electron chi connectivity index (χ3n) is 4.00. The fourth-order valence-electron chi connectivity index (χ4n) is 2.50. The molecule has 2 aromatic carbocycles. The van der Waals surface area contributed by atoms with Crippen molar-refractivity contribution in [1.29, 1.82) is 0 Å². The second kappa shape index (κ2) is 9.21. The van der Waals surface area contributed by atoms with Crippen molar-refractivity contribution in [2.24, 2.45) is 0 Å². The number of halogens is 3. The van der Waals surface area contributed by atoms with Crippen molar-refractivity contribution < 1.29 is 22.8 Å². The number of hydrogen-bond acceptors (Lipinski definition) is 2. The molecule has 0 aliphatic carbocycles. The van der Waals surface area contributed by atoms with Crippen LogP contribution in [-0.4, -0.2) is 30.3 Å². The van der Waals surface area contributed by atoms with Gasteiger partial charge in [0, 0.05) is 26.6 Å². The fraction of sp³-hybridized carbons (Fsp3) is 0.300. The standard InChI is InChI=1S/C20H21F3N2O2/c1-25(14-16-7-9-17(10-8-16)20(21,22)23)19(27)11-12-24-18(26)13-15-5-3-2-4-6-15/h2-10H,11-14H2,1H3,(H,24,26). The van der Waals surface area contributed by atoms with Crippen LogP contribution in [-0.2, 0) is 28.7 Å². The van der Waals surface area contributed by atoms with Crippen LogP contribution in [0.5, 0.6) is 0 Å². The van der Waals surface area contributed by atoms with Gasteiger partial charge in [0.2, 0.25) is 11.8 Å². The second-order valence-corrected chi connectivity index (χ2v) is 6.21. The lowest BCUT2D eigenvalue weighted by Crippen LogP contribution is -2.32. The Morgan fingerprint density at radius 1 is 0.963 bits per heavy atom. The maximum Gasteiger partial charge on any atom is 0.416 e. The van der Waals surface area contributed by atoms with Gasteiger partial charge < -0.3 is 10.2 Å². The molecule has 0 aromatic heterocycles. The summed E-state index contributed by atoms with van der Waals surface area (Å²) >= 11 is 0. The number of hydrogen-bond donors (Lipinski definition) is 1. The lowest BCUT2D eigenvalue weighted by atomic mass is 10.1. The monoisotopic (exact) mass is 378 g/mol. The van der Waals surface area contributed by atoms with Gasteiger partial charge in [-0.2, -0.15) is 13.2 Å². The molecule has 2 amide bonds. The van der Waals surface area contributed by atoms with Gasteiger partial charge in [-0.3, -0.25) is 9.59 Å². The van der Waals surface area contributed by atoms with Crippen LogP contribution in [0.3, 0.4) is 0 Å². The van der Waals surface area contributed by atoms with Crippen molar-refractivity contribution in [3.63, 3.8) is 0 Å². The molecule has 0 radical (unpaired) electrons. The highest BCUT2D eigenvalue weighted by Gasteiger charge is 2.29. The molecular weight excluding hydrogens is 357 g/mol. The van der Waals surface area contributed by atoms with E-state index in [0.29, 0.717) is 5.56 Å². The smallest absolute Gasteiger partial charge is 0.355 e. The molecule has 0 saturated heterocycles. The summed E-state index contributed by atoms with van der Waals surface area (Å²) in [6, 6.07) is 14.0. The summed E-state index contributed by atoms with van der Waals surface area (Å²) in [4.78, 5) is 25.4. The van der Waals surface area contributed by atoms with E-state index in [0.717, 1.165) is 17.7 Å². The van der Waals surface area contributed by atoms with E-state index in [1.54, 1.807) is 7.05 Å². The van der Waals surface area contributed by atoms with Crippen LogP contribution in [0.15, 0.2) is 54.6 Å². The Labute approximate surface area is 156 Å². The number of alkyl halides is 3. The molecule has 0 saturated carbocycles. The van der Waals surface area contributed by atoms with Crippen LogP contribution in [0.4, 0.5) is 13.2 Å². The van der Waals surface area contributed by atoms with E-state index in [2.05, 4.69) is 5.32 Å². The van der Waals surface area contributed by atoms with Crippen molar-refractivity contribution in [2.75, 3.05) is 13.6 Å². The third kappa shape index (κ3) is 6.77. The molecule has 2 rings (SSSR count). The lowest BCUT2D eigenvalue weighted by molar-refractivity contribution is -0.137.